The van der Waals surface area contributed by atoms with Crippen molar-refractivity contribution in [3.05, 3.63) is 66.1 Å². The van der Waals surface area contributed by atoms with Gasteiger partial charge in [0.15, 0.2) is 10.9 Å². The Kier molecular flexibility index (Phi) is 5.03. The number of thioether (sulfide) groups is 1. The Morgan fingerprint density at radius 1 is 1.30 bits per heavy atom. The molecule has 1 saturated carbocycles. The third-order valence-electron chi connectivity index (χ3n) is 4.70. The highest BCUT2D eigenvalue weighted by Gasteiger charge is 2.38. The summed E-state index contributed by atoms with van der Waals surface area (Å²) in [5.41, 5.74) is 0.898. The number of furan rings is 1. The fraction of sp³-hybridized carbons (Fsp3) is 0.350. The zero-order valence-electron chi connectivity index (χ0n) is 15.4. The lowest BCUT2D eigenvalue weighted by Crippen LogP contribution is -2.35. The standard InChI is InChI=1S/C20H22N4O2S/c1-14(17-5-3-4-10-21-17)24(15-6-7-15)19(25)18-9-8-16(26-18)13-27-20-22-11-12-23(20)2/h3-5,8-12,14-15H,6-7,13H2,1-2H3. The van der Waals surface area contributed by atoms with E-state index in [1.54, 1.807) is 30.2 Å². The molecular formula is C20H22N4O2S. The Hall–Kier alpha value is -2.54. The molecule has 1 aliphatic carbocycles. The Balaban J connectivity index is 1.47. The Morgan fingerprint density at radius 3 is 2.81 bits per heavy atom. The van der Waals surface area contributed by atoms with Crippen molar-refractivity contribution < 1.29 is 9.21 Å². The van der Waals surface area contributed by atoms with Crippen molar-refractivity contribution in [2.45, 2.75) is 42.8 Å². The molecule has 1 atom stereocenters. The molecule has 4 rings (SSSR count). The first kappa shape index (κ1) is 17.9. The van der Waals surface area contributed by atoms with Gasteiger partial charge in [0.05, 0.1) is 17.5 Å². The Bertz CT molecular complexity index is 917. The van der Waals surface area contributed by atoms with Crippen LogP contribution in [0.4, 0.5) is 0 Å². The molecule has 7 heteroatoms. The minimum atomic E-state index is -0.0818. The average molecular weight is 382 g/mol. The van der Waals surface area contributed by atoms with E-state index in [4.69, 9.17) is 4.42 Å². The van der Waals surface area contributed by atoms with Crippen LogP contribution in [0.3, 0.4) is 0 Å². The first-order chi connectivity index (χ1) is 13.1. The second kappa shape index (κ2) is 7.60. The number of aromatic nitrogens is 3. The van der Waals surface area contributed by atoms with Crippen molar-refractivity contribution in [1.29, 1.82) is 0 Å². The largest absolute Gasteiger partial charge is 0.455 e. The van der Waals surface area contributed by atoms with Crippen LogP contribution >= 0.6 is 11.8 Å². The van der Waals surface area contributed by atoms with Gasteiger partial charge in [-0.25, -0.2) is 4.98 Å². The second-order valence-electron chi connectivity index (χ2n) is 6.75. The molecule has 0 aromatic carbocycles. The van der Waals surface area contributed by atoms with E-state index in [0.717, 1.165) is 29.5 Å². The summed E-state index contributed by atoms with van der Waals surface area (Å²) in [5, 5.41) is 0.919. The van der Waals surface area contributed by atoms with Crippen molar-refractivity contribution in [3.63, 3.8) is 0 Å². The van der Waals surface area contributed by atoms with E-state index in [9.17, 15) is 4.79 Å². The summed E-state index contributed by atoms with van der Waals surface area (Å²) in [6.45, 7) is 2.03. The molecule has 3 aromatic heterocycles. The van der Waals surface area contributed by atoms with E-state index in [2.05, 4.69) is 9.97 Å². The molecule has 0 spiro atoms. The number of imidazole rings is 1. The molecule has 0 saturated heterocycles. The molecule has 0 N–H and O–H groups in total. The van der Waals surface area contributed by atoms with Gasteiger partial charge in [-0.3, -0.25) is 9.78 Å². The van der Waals surface area contributed by atoms with Gasteiger partial charge in [-0.1, -0.05) is 17.8 Å². The first-order valence-corrected chi connectivity index (χ1v) is 10.0. The molecule has 140 valence electrons. The third kappa shape index (κ3) is 3.93. The lowest BCUT2D eigenvalue weighted by Gasteiger charge is -2.28. The molecular weight excluding hydrogens is 360 g/mol. The van der Waals surface area contributed by atoms with E-state index >= 15 is 0 Å². The number of rotatable bonds is 7. The molecule has 3 aromatic rings. The fourth-order valence-corrected chi connectivity index (χ4v) is 3.93. The minimum absolute atomic E-state index is 0.0658. The monoisotopic (exact) mass is 382 g/mol. The highest BCUT2D eigenvalue weighted by molar-refractivity contribution is 7.98. The maximum Gasteiger partial charge on any atom is 0.290 e. The number of carbonyl (C=O) groups is 1. The van der Waals surface area contributed by atoms with Crippen molar-refractivity contribution in [2.75, 3.05) is 0 Å². The molecule has 1 fully saturated rings. The summed E-state index contributed by atoms with van der Waals surface area (Å²) in [5.74, 6) is 1.73. The van der Waals surface area contributed by atoms with E-state index < -0.39 is 0 Å². The van der Waals surface area contributed by atoms with E-state index in [1.165, 1.54) is 0 Å². The summed E-state index contributed by atoms with van der Waals surface area (Å²) in [4.78, 5) is 23.7. The predicted octanol–water partition coefficient (Wildman–Crippen LogP) is 4.07. The van der Waals surface area contributed by atoms with Gasteiger partial charge < -0.3 is 13.9 Å². The van der Waals surface area contributed by atoms with Crippen LogP contribution in [0, 0.1) is 0 Å². The van der Waals surface area contributed by atoms with Gasteiger partial charge in [-0.2, -0.15) is 0 Å². The first-order valence-electron chi connectivity index (χ1n) is 9.06. The summed E-state index contributed by atoms with van der Waals surface area (Å²) in [6, 6.07) is 9.64. The van der Waals surface area contributed by atoms with Crippen LogP contribution in [-0.4, -0.2) is 31.4 Å². The van der Waals surface area contributed by atoms with Crippen molar-refractivity contribution in [1.82, 2.24) is 19.4 Å². The van der Waals surface area contributed by atoms with Gasteiger partial charge in [0.2, 0.25) is 0 Å². The second-order valence-corrected chi connectivity index (χ2v) is 7.69. The third-order valence-corrected chi connectivity index (χ3v) is 5.78. The Morgan fingerprint density at radius 2 is 2.15 bits per heavy atom. The number of carbonyl (C=O) groups excluding carboxylic acids is 1. The van der Waals surface area contributed by atoms with Crippen LogP contribution in [0.25, 0.3) is 0 Å². The average Bonchev–Trinajstić information content (AvgIpc) is 3.25. The van der Waals surface area contributed by atoms with Gasteiger partial charge in [0.25, 0.3) is 5.91 Å². The van der Waals surface area contributed by atoms with Gasteiger partial charge in [-0.15, -0.1) is 0 Å². The number of aryl methyl sites for hydroxylation is 1. The number of hydrogen-bond acceptors (Lipinski definition) is 5. The SMILES string of the molecule is CC(c1ccccn1)N(C(=O)c1ccc(CSc2nccn2C)o1)C1CC1. The number of hydrogen-bond donors (Lipinski definition) is 0. The van der Waals surface area contributed by atoms with Crippen molar-refractivity contribution >= 4 is 17.7 Å². The highest BCUT2D eigenvalue weighted by Crippen LogP contribution is 2.35. The topological polar surface area (TPSA) is 64.2 Å². The zero-order valence-corrected chi connectivity index (χ0v) is 16.2. The molecule has 0 radical (unpaired) electrons. The van der Waals surface area contributed by atoms with Crippen LogP contribution in [-0.2, 0) is 12.8 Å². The maximum absolute atomic E-state index is 13.1. The number of nitrogens with zero attached hydrogens (tertiary/aromatic N) is 4. The Labute approximate surface area is 162 Å². The summed E-state index contributed by atoms with van der Waals surface area (Å²) in [7, 11) is 1.96. The number of amides is 1. The molecule has 0 bridgehead atoms. The lowest BCUT2D eigenvalue weighted by molar-refractivity contribution is 0.0635. The zero-order chi connectivity index (χ0) is 18.8. The van der Waals surface area contributed by atoms with Crippen molar-refractivity contribution in [3.8, 4) is 0 Å². The van der Waals surface area contributed by atoms with Crippen LogP contribution in [0.15, 0.2) is 58.5 Å². The fourth-order valence-electron chi connectivity index (χ4n) is 3.10. The van der Waals surface area contributed by atoms with E-state index in [-0.39, 0.29) is 18.0 Å². The molecule has 1 amide bonds. The normalized spacial score (nSPS) is 14.9. The number of pyridine rings is 1. The smallest absolute Gasteiger partial charge is 0.290 e. The van der Waals surface area contributed by atoms with E-state index in [0.29, 0.717) is 11.5 Å². The molecule has 1 aliphatic rings. The van der Waals surface area contributed by atoms with Crippen molar-refractivity contribution in [2.24, 2.45) is 7.05 Å². The van der Waals surface area contributed by atoms with Crippen LogP contribution in [0.5, 0.6) is 0 Å². The minimum Gasteiger partial charge on any atom is -0.455 e. The predicted molar refractivity (Wildman–Crippen MR) is 103 cm³/mol. The molecule has 0 aliphatic heterocycles. The molecule has 27 heavy (non-hydrogen) atoms. The van der Waals surface area contributed by atoms with Gasteiger partial charge in [0, 0.05) is 31.7 Å². The molecule has 3 heterocycles. The van der Waals surface area contributed by atoms with Gasteiger partial charge >= 0.3 is 0 Å². The van der Waals surface area contributed by atoms with Gasteiger partial charge in [-0.05, 0) is 44.0 Å². The summed E-state index contributed by atoms with van der Waals surface area (Å²) < 4.78 is 7.82. The van der Waals surface area contributed by atoms with Crippen LogP contribution < -0.4 is 0 Å². The maximum atomic E-state index is 13.1. The highest BCUT2D eigenvalue weighted by atomic mass is 32.2. The molecule has 1 unspecified atom stereocenters. The summed E-state index contributed by atoms with van der Waals surface area (Å²) >= 11 is 1.59. The summed E-state index contributed by atoms with van der Waals surface area (Å²) in [6.07, 6.45) is 7.51. The lowest BCUT2D eigenvalue weighted by atomic mass is 10.1. The van der Waals surface area contributed by atoms with Gasteiger partial charge in [0.1, 0.15) is 5.76 Å². The molecule has 6 nitrogen and oxygen atoms in total. The quantitative estimate of drug-likeness (QED) is 0.577. The van der Waals surface area contributed by atoms with E-state index in [1.807, 2.05) is 53.9 Å². The van der Waals surface area contributed by atoms with Crippen LogP contribution in [0.1, 0.15) is 47.8 Å². The van der Waals surface area contributed by atoms with Crippen LogP contribution in [0.2, 0.25) is 0 Å².